The highest BCUT2D eigenvalue weighted by molar-refractivity contribution is 6.57. The van der Waals surface area contributed by atoms with Crippen molar-refractivity contribution in [2.45, 2.75) is 27.7 Å². The fourth-order valence-electron chi connectivity index (χ4n) is 0.648. The number of carbonyl (C=O) groups excluding carboxylic acids is 2. The predicted molar refractivity (Wildman–Crippen MR) is 50.1 cm³/mol. The van der Waals surface area contributed by atoms with Crippen LogP contribution in [-0.2, 0) is 18.4 Å². The van der Waals surface area contributed by atoms with E-state index in [2.05, 4.69) is 0 Å². The summed E-state index contributed by atoms with van der Waals surface area (Å²) < 4.78 is 9.80. The lowest BCUT2D eigenvalue weighted by molar-refractivity contribution is -0.137. The van der Waals surface area contributed by atoms with E-state index >= 15 is 0 Å². The third kappa shape index (κ3) is 5.19. The summed E-state index contributed by atoms with van der Waals surface area (Å²) in [4.78, 5) is 21.3. The quantitative estimate of drug-likeness (QED) is 0.636. The zero-order chi connectivity index (χ0) is 10.4. The van der Waals surface area contributed by atoms with Gasteiger partial charge >= 0.3 is 9.28 Å². The summed E-state index contributed by atoms with van der Waals surface area (Å²) in [6, 6.07) is 0. The van der Waals surface area contributed by atoms with Gasteiger partial charge in [-0.1, -0.05) is 6.08 Å². The molecular weight excluding hydrogens is 188 g/mol. The van der Waals surface area contributed by atoms with E-state index < -0.39 is 21.2 Å². The molecule has 0 aromatic carbocycles. The molecule has 0 aromatic rings. The monoisotopic (exact) mass is 202 g/mol. The maximum atomic E-state index is 10.7. The van der Waals surface area contributed by atoms with Crippen LogP contribution in [-0.4, -0.2) is 21.2 Å². The minimum atomic E-state index is -2.28. The molecule has 0 saturated heterocycles. The Labute approximate surface area is 79.4 Å². The molecule has 0 N–H and O–H groups in total. The fraction of sp³-hybridized carbons (Fsp3) is 0.500. The van der Waals surface area contributed by atoms with Crippen LogP contribution >= 0.6 is 0 Å². The normalized spacial score (nSPS) is 11.3. The Balaban J connectivity index is 4.36. The van der Waals surface area contributed by atoms with E-state index in [1.54, 1.807) is 13.0 Å². The van der Waals surface area contributed by atoms with Crippen LogP contribution in [0.2, 0.25) is 0 Å². The van der Waals surface area contributed by atoms with E-state index in [0.717, 1.165) is 5.20 Å². The zero-order valence-corrected chi connectivity index (χ0v) is 9.44. The number of rotatable bonds is 3. The van der Waals surface area contributed by atoms with Crippen LogP contribution in [0.5, 0.6) is 0 Å². The first-order valence-electron chi connectivity index (χ1n) is 3.94. The Morgan fingerprint density at radius 1 is 1.08 bits per heavy atom. The summed E-state index contributed by atoms with van der Waals surface area (Å²) in [5, 5.41) is 0.824. The Bertz CT molecular complexity index is 218. The third-order valence-corrected chi connectivity index (χ3v) is 3.54. The van der Waals surface area contributed by atoms with Gasteiger partial charge in [-0.15, -0.1) is 0 Å². The van der Waals surface area contributed by atoms with Gasteiger partial charge in [0.05, 0.1) is 0 Å². The van der Waals surface area contributed by atoms with Gasteiger partial charge in [-0.2, -0.15) is 0 Å². The highest BCUT2D eigenvalue weighted by atomic mass is 28.3. The Hall–Kier alpha value is -1.10. The molecule has 13 heavy (non-hydrogen) atoms. The molecule has 5 heteroatoms. The highest BCUT2D eigenvalue weighted by Crippen LogP contribution is 2.04. The second-order valence-electron chi connectivity index (χ2n) is 2.58. The number of hydrogen-bond donors (Lipinski definition) is 0. The van der Waals surface area contributed by atoms with E-state index in [1.165, 1.54) is 13.8 Å². The second kappa shape index (κ2) is 5.53. The molecule has 0 radical (unpaired) electrons. The molecule has 0 aliphatic rings. The lowest BCUT2D eigenvalue weighted by Gasteiger charge is -2.14. The van der Waals surface area contributed by atoms with Gasteiger partial charge in [-0.05, 0) is 19.0 Å². The molecular formula is C8H14O4Si. The molecule has 0 fully saturated rings. The lowest BCUT2D eigenvalue weighted by Crippen LogP contribution is -2.29. The van der Waals surface area contributed by atoms with Crippen molar-refractivity contribution >= 4 is 21.2 Å². The van der Waals surface area contributed by atoms with Crippen LogP contribution < -0.4 is 0 Å². The Kier molecular flexibility index (Phi) is 5.06. The zero-order valence-electron chi connectivity index (χ0n) is 8.29. The molecule has 0 aromatic heterocycles. The molecule has 0 heterocycles. The molecule has 0 aliphatic heterocycles. The molecule has 4 nitrogen and oxygen atoms in total. The lowest BCUT2D eigenvalue weighted by atomic mass is 10.6. The van der Waals surface area contributed by atoms with Gasteiger partial charge in [0.2, 0.25) is 0 Å². The molecule has 0 amide bonds. The van der Waals surface area contributed by atoms with Gasteiger partial charge in [0, 0.05) is 13.8 Å². The molecule has 0 bridgehead atoms. The van der Waals surface area contributed by atoms with Crippen molar-refractivity contribution in [3.05, 3.63) is 11.3 Å². The van der Waals surface area contributed by atoms with Crippen LogP contribution in [0.25, 0.3) is 0 Å². The van der Waals surface area contributed by atoms with Crippen molar-refractivity contribution in [1.29, 1.82) is 0 Å². The van der Waals surface area contributed by atoms with E-state index in [9.17, 15) is 9.59 Å². The smallest absolute Gasteiger partial charge is 0.478 e. The van der Waals surface area contributed by atoms with Crippen LogP contribution in [0.3, 0.4) is 0 Å². The summed E-state index contributed by atoms with van der Waals surface area (Å²) in [6.07, 6.45) is 1.78. The fourth-order valence-corrected chi connectivity index (χ4v) is 1.94. The van der Waals surface area contributed by atoms with Crippen molar-refractivity contribution in [3.8, 4) is 0 Å². The van der Waals surface area contributed by atoms with Gasteiger partial charge < -0.3 is 8.85 Å². The third-order valence-electron chi connectivity index (χ3n) is 1.37. The van der Waals surface area contributed by atoms with Gasteiger partial charge in [0.1, 0.15) is 0 Å². The molecule has 0 saturated carbocycles. The Morgan fingerprint density at radius 3 is 1.69 bits per heavy atom. The van der Waals surface area contributed by atoms with Crippen molar-refractivity contribution in [2.75, 3.05) is 0 Å². The number of carbonyl (C=O) groups is 2. The van der Waals surface area contributed by atoms with Crippen LogP contribution in [0.15, 0.2) is 11.3 Å². The summed E-state index contributed by atoms with van der Waals surface area (Å²) in [7, 11) is -2.28. The second-order valence-corrected chi connectivity index (χ2v) is 4.63. The topological polar surface area (TPSA) is 52.6 Å². The van der Waals surface area contributed by atoms with E-state index in [-0.39, 0.29) is 0 Å². The molecule has 74 valence electrons. The maximum Gasteiger partial charge on any atom is 0.478 e. The summed E-state index contributed by atoms with van der Waals surface area (Å²) in [6.45, 7) is 6.18. The van der Waals surface area contributed by atoms with Gasteiger partial charge in [0.25, 0.3) is 11.9 Å². The first kappa shape index (κ1) is 11.9. The van der Waals surface area contributed by atoms with Crippen LogP contribution in [0, 0.1) is 0 Å². The average Bonchev–Trinajstić information content (AvgIpc) is 2.00. The standard InChI is InChI=1S/C8H14O4Si/c1-5-6(2)13(11-7(3)9)12-8(4)10/h5,13H,1-4H3/b6-5+. The van der Waals surface area contributed by atoms with Gasteiger partial charge in [-0.25, -0.2) is 0 Å². The summed E-state index contributed by atoms with van der Waals surface area (Å²) in [5.74, 6) is -0.835. The van der Waals surface area contributed by atoms with Crippen molar-refractivity contribution in [3.63, 3.8) is 0 Å². The highest BCUT2D eigenvalue weighted by Gasteiger charge is 2.21. The first-order chi connectivity index (χ1) is 5.97. The minimum Gasteiger partial charge on any atom is -0.484 e. The molecule has 0 atom stereocenters. The number of allylic oxidation sites excluding steroid dienone is 2. The van der Waals surface area contributed by atoms with E-state index in [1.807, 2.05) is 6.92 Å². The van der Waals surface area contributed by atoms with Crippen LogP contribution in [0.4, 0.5) is 0 Å². The van der Waals surface area contributed by atoms with Gasteiger partial charge in [-0.3, -0.25) is 9.59 Å². The van der Waals surface area contributed by atoms with Crippen LogP contribution in [0.1, 0.15) is 27.7 Å². The molecule has 0 unspecified atom stereocenters. The van der Waals surface area contributed by atoms with Gasteiger partial charge in [0.15, 0.2) is 0 Å². The van der Waals surface area contributed by atoms with E-state index in [4.69, 9.17) is 8.85 Å². The largest absolute Gasteiger partial charge is 0.484 e. The van der Waals surface area contributed by atoms with Crippen molar-refractivity contribution in [1.82, 2.24) is 0 Å². The predicted octanol–water partition coefficient (Wildman–Crippen LogP) is 0.839. The molecule has 0 spiro atoms. The Morgan fingerprint density at radius 2 is 1.46 bits per heavy atom. The van der Waals surface area contributed by atoms with Crippen molar-refractivity contribution in [2.24, 2.45) is 0 Å². The summed E-state index contributed by atoms with van der Waals surface area (Å²) >= 11 is 0. The van der Waals surface area contributed by atoms with E-state index in [0.29, 0.717) is 0 Å². The average molecular weight is 202 g/mol. The number of hydrogen-bond acceptors (Lipinski definition) is 4. The minimum absolute atomic E-state index is 0.417. The summed E-state index contributed by atoms with van der Waals surface area (Å²) in [5.41, 5.74) is 0. The first-order valence-corrected chi connectivity index (χ1v) is 5.46. The van der Waals surface area contributed by atoms with Crippen molar-refractivity contribution < 1.29 is 18.4 Å². The maximum absolute atomic E-state index is 10.7. The molecule has 0 aliphatic carbocycles. The molecule has 0 rings (SSSR count). The SMILES string of the molecule is C/C=C(\C)[SiH](OC(C)=O)OC(C)=O.